The van der Waals surface area contributed by atoms with E-state index >= 15 is 0 Å². The summed E-state index contributed by atoms with van der Waals surface area (Å²) in [5.74, 6) is 0.327. The summed E-state index contributed by atoms with van der Waals surface area (Å²) in [6, 6.07) is 4.58. The average Bonchev–Trinajstić information content (AvgIpc) is 2.04. The lowest BCUT2D eigenvalue weighted by Crippen LogP contribution is -2.21. The zero-order valence-corrected chi connectivity index (χ0v) is 6.59. The third-order valence-electron chi connectivity index (χ3n) is 2.07. The van der Waals surface area contributed by atoms with Crippen molar-refractivity contribution >= 4 is 0 Å². The van der Waals surface area contributed by atoms with Crippen LogP contribution in [-0.2, 0) is 0 Å². The Bertz CT molecular complexity index is 301. The zero-order chi connectivity index (χ0) is 8.55. The van der Waals surface area contributed by atoms with Crippen molar-refractivity contribution in [3.05, 3.63) is 29.6 Å². The summed E-state index contributed by atoms with van der Waals surface area (Å²) in [5, 5.41) is 0. The van der Waals surface area contributed by atoms with Gasteiger partial charge in [0.15, 0.2) is 0 Å². The first kappa shape index (κ1) is 7.55. The van der Waals surface area contributed by atoms with E-state index in [1.54, 1.807) is 12.1 Å². The largest absolute Gasteiger partial charge is 0.493 e. The van der Waals surface area contributed by atoms with Gasteiger partial charge in [0, 0.05) is 18.0 Å². The van der Waals surface area contributed by atoms with Crippen LogP contribution in [0.4, 0.5) is 4.39 Å². The molecule has 0 fully saturated rings. The van der Waals surface area contributed by atoms with Gasteiger partial charge < -0.3 is 10.5 Å². The lowest BCUT2D eigenvalue weighted by molar-refractivity contribution is 0.264. The summed E-state index contributed by atoms with van der Waals surface area (Å²) < 4.78 is 18.4. The topological polar surface area (TPSA) is 35.2 Å². The number of ether oxygens (including phenoxy) is 1. The van der Waals surface area contributed by atoms with Crippen LogP contribution in [0.1, 0.15) is 18.0 Å². The standard InChI is InChI=1S/C9H10FNO/c10-6-2-1-3-8-9(6)7(11)4-5-12-8/h1-3,7H,4-5,11H2/t7-/m1/s1. The van der Waals surface area contributed by atoms with Crippen LogP contribution in [0.15, 0.2) is 18.2 Å². The first-order valence-corrected chi connectivity index (χ1v) is 3.96. The maximum Gasteiger partial charge on any atom is 0.131 e. The Kier molecular flexibility index (Phi) is 1.73. The lowest BCUT2D eigenvalue weighted by Gasteiger charge is -2.22. The Morgan fingerprint density at radius 2 is 2.33 bits per heavy atom. The molecule has 1 aromatic rings. The molecule has 0 amide bonds. The fourth-order valence-electron chi connectivity index (χ4n) is 1.44. The van der Waals surface area contributed by atoms with E-state index < -0.39 is 0 Å². The van der Waals surface area contributed by atoms with Crippen LogP contribution in [-0.4, -0.2) is 6.61 Å². The van der Waals surface area contributed by atoms with Crippen molar-refractivity contribution in [2.24, 2.45) is 5.73 Å². The second kappa shape index (κ2) is 2.75. The highest BCUT2D eigenvalue weighted by molar-refractivity contribution is 5.38. The van der Waals surface area contributed by atoms with Gasteiger partial charge in [0.05, 0.1) is 6.61 Å². The minimum absolute atomic E-state index is 0.213. The van der Waals surface area contributed by atoms with E-state index in [1.165, 1.54) is 6.07 Å². The van der Waals surface area contributed by atoms with Crippen molar-refractivity contribution in [2.45, 2.75) is 12.5 Å². The Hall–Kier alpha value is -1.09. The molecule has 0 aliphatic carbocycles. The highest BCUT2D eigenvalue weighted by Crippen LogP contribution is 2.31. The van der Waals surface area contributed by atoms with E-state index in [9.17, 15) is 4.39 Å². The van der Waals surface area contributed by atoms with Crippen molar-refractivity contribution in [1.29, 1.82) is 0 Å². The van der Waals surface area contributed by atoms with Gasteiger partial charge in [0.2, 0.25) is 0 Å². The SMILES string of the molecule is N[C@@H]1CCOc2cccc(F)c21. The molecule has 2 rings (SSSR count). The van der Waals surface area contributed by atoms with Crippen molar-refractivity contribution in [1.82, 2.24) is 0 Å². The van der Waals surface area contributed by atoms with Gasteiger partial charge in [-0.2, -0.15) is 0 Å². The smallest absolute Gasteiger partial charge is 0.131 e. The molecule has 0 bridgehead atoms. The summed E-state index contributed by atoms with van der Waals surface area (Å²) >= 11 is 0. The number of nitrogens with two attached hydrogens (primary N) is 1. The van der Waals surface area contributed by atoms with Gasteiger partial charge >= 0.3 is 0 Å². The average molecular weight is 167 g/mol. The Morgan fingerprint density at radius 1 is 1.50 bits per heavy atom. The number of hydrogen-bond donors (Lipinski definition) is 1. The highest BCUT2D eigenvalue weighted by Gasteiger charge is 2.21. The quantitative estimate of drug-likeness (QED) is 0.637. The molecule has 0 saturated carbocycles. The van der Waals surface area contributed by atoms with Crippen molar-refractivity contribution in [2.75, 3.05) is 6.61 Å². The number of rotatable bonds is 0. The Morgan fingerprint density at radius 3 is 3.08 bits per heavy atom. The summed E-state index contributed by atoms with van der Waals surface area (Å²) in [5.41, 5.74) is 6.24. The fourth-order valence-corrected chi connectivity index (χ4v) is 1.44. The molecule has 1 atom stereocenters. The number of fused-ring (bicyclic) bond motifs is 1. The molecule has 1 aromatic carbocycles. The molecule has 2 nitrogen and oxygen atoms in total. The third kappa shape index (κ3) is 1.06. The number of benzene rings is 1. The van der Waals surface area contributed by atoms with Crippen molar-refractivity contribution in [3.8, 4) is 5.75 Å². The first-order valence-electron chi connectivity index (χ1n) is 3.96. The van der Waals surface area contributed by atoms with Gasteiger partial charge in [-0.3, -0.25) is 0 Å². The molecule has 0 saturated heterocycles. The molecule has 3 heteroatoms. The molecule has 1 aliphatic heterocycles. The van der Waals surface area contributed by atoms with Crippen LogP contribution in [0.25, 0.3) is 0 Å². The Labute approximate surface area is 70.1 Å². The highest BCUT2D eigenvalue weighted by atomic mass is 19.1. The van der Waals surface area contributed by atoms with Gasteiger partial charge in [-0.1, -0.05) is 6.07 Å². The maximum atomic E-state index is 13.2. The monoisotopic (exact) mass is 167 g/mol. The summed E-state index contributed by atoms with van der Waals surface area (Å²) in [7, 11) is 0. The molecular formula is C9H10FNO. The van der Waals surface area contributed by atoms with Gasteiger partial charge in [0.1, 0.15) is 11.6 Å². The molecule has 2 N–H and O–H groups in total. The normalized spacial score (nSPS) is 21.3. The molecule has 12 heavy (non-hydrogen) atoms. The second-order valence-electron chi connectivity index (χ2n) is 2.90. The van der Waals surface area contributed by atoms with Crippen LogP contribution < -0.4 is 10.5 Å². The minimum Gasteiger partial charge on any atom is -0.493 e. The Balaban J connectivity index is 2.53. The zero-order valence-electron chi connectivity index (χ0n) is 6.59. The third-order valence-corrected chi connectivity index (χ3v) is 2.07. The van der Waals surface area contributed by atoms with Gasteiger partial charge in [-0.15, -0.1) is 0 Å². The first-order chi connectivity index (χ1) is 5.79. The van der Waals surface area contributed by atoms with E-state index in [-0.39, 0.29) is 11.9 Å². The van der Waals surface area contributed by atoms with Crippen LogP contribution in [0.5, 0.6) is 5.75 Å². The summed E-state index contributed by atoms with van der Waals surface area (Å²) in [4.78, 5) is 0. The minimum atomic E-state index is -0.264. The van der Waals surface area contributed by atoms with Crippen LogP contribution >= 0.6 is 0 Å². The van der Waals surface area contributed by atoms with Gasteiger partial charge in [-0.25, -0.2) is 4.39 Å². The van der Waals surface area contributed by atoms with E-state index in [1.807, 2.05) is 0 Å². The molecule has 1 heterocycles. The second-order valence-corrected chi connectivity index (χ2v) is 2.90. The van der Waals surface area contributed by atoms with Gasteiger partial charge in [-0.05, 0) is 12.1 Å². The summed E-state index contributed by atoms with van der Waals surface area (Å²) in [6.45, 7) is 0.581. The summed E-state index contributed by atoms with van der Waals surface area (Å²) in [6.07, 6.45) is 0.688. The number of halogens is 1. The van der Waals surface area contributed by atoms with Crippen LogP contribution in [0.2, 0.25) is 0 Å². The maximum absolute atomic E-state index is 13.2. The van der Waals surface area contributed by atoms with E-state index in [2.05, 4.69) is 0 Å². The molecule has 0 radical (unpaired) electrons. The lowest BCUT2D eigenvalue weighted by atomic mass is 10.0. The predicted molar refractivity (Wildman–Crippen MR) is 43.4 cm³/mol. The van der Waals surface area contributed by atoms with Crippen molar-refractivity contribution in [3.63, 3.8) is 0 Å². The van der Waals surface area contributed by atoms with E-state index in [0.29, 0.717) is 24.3 Å². The van der Waals surface area contributed by atoms with Crippen molar-refractivity contribution < 1.29 is 9.13 Å². The number of hydrogen-bond acceptors (Lipinski definition) is 2. The molecule has 64 valence electrons. The van der Waals surface area contributed by atoms with E-state index in [0.717, 1.165) is 0 Å². The van der Waals surface area contributed by atoms with Crippen LogP contribution in [0.3, 0.4) is 0 Å². The molecule has 0 spiro atoms. The fraction of sp³-hybridized carbons (Fsp3) is 0.333. The molecule has 0 unspecified atom stereocenters. The molecule has 0 aromatic heterocycles. The van der Waals surface area contributed by atoms with Gasteiger partial charge in [0.25, 0.3) is 0 Å². The van der Waals surface area contributed by atoms with Crippen LogP contribution in [0, 0.1) is 5.82 Å². The van der Waals surface area contributed by atoms with E-state index in [4.69, 9.17) is 10.5 Å². The predicted octanol–water partition coefficient (Wildman–Crippen LogP) is 1.61. The molecule has 1 aliphatic rings. The molecular weight excluding hydrogens is 157 g/mol.